The number of carboxylic acid groups (broad SMARTS) is 1. The second-order valence-corrected chi connectivity index (χ2v) is 8.18. The van der Waals surface area contributed by atoms with Crippen molar-refractivity contribution in [2.45, 2.75) is 31.6 Å². The number of hydrogen-bond acceptors (Lipinski definition) is 6. The fourth-order valence-corrected chi connectivity index (χ4v) is 4.22. The molecule has 2 aromatic heterocycles. The van der Waals surface area contributed by atoms with Crippen molar-refractivity contribution in [2.75, 3.05) is 7.11 Å². The summed E-state index contributed by atoms with van der Waals surface area (Å²) in [5.74, 6) is -0.641. The molecule has 0 saturated heterocycles. The highest BCUT2D eigenvalue weighted by Crippen LogP contribution is 2.53. The first-order valence-corrected chi connectivity index (χ1v) is 10.5. The lowest BCUT2D eigenvalue weighted by Crippen LogP contribution is -2.12. The van der Waals surface area contributed by atoms with Crippen molar-refractivity contribution in [3.05, 3.63) is 76.7 Å². The van der Waals surface area contributed by atoms with Gasteiger partial charge in [0.2, 0.25) is 0 Å². The second kappa shape index (κ2) is 8.05. The smallest absolute Gasteiger partial charge is 0.339 e. The number of alkyl halides is 2. The van der Waals surface area contributed by atoms with Gasteiger partial charge in [-0.1, -0.05) is 29.4 Å². The average molecular weight is 466 g/mol. The van der Waals surface area contributed by atoms with Crippen LogP contribution in [0.25, 0.3) is 17.3 Å². The van der Waals surface area contributed by atoms with Crippen molar-refractivity contribution in [2.24, 2.45) is 0 Å². The maximum atomic E-state index is 13.8. The standard InChI is InChI=1S/C24H20F2N4O4/c1-13-5-3-4-6-16(13)24(9-10-24)23-27-21(34-29-23)17-12-18(20(25)26)30(28-17)14-7-8-15(22(31)32)19(11-14)33-2/h3-8,11-12,20H,9-10H2,1-2H3,(H,31,32). The van der Waals surface area contributed by atoms with E-state index in [1.807, 2.05) is 31.2 Å². The van der Waals surface area contributed by atoms with Gasteiger partial charge in [0.25, 0.3) is 12.3 Å². The summed E-state index contributed by atoms with van der Waals surface area (Å²) in [6.07, 6.45) is -1.12. The van der Waals surface area contributed by atoms with Crippen LogP contribution in [0.2, 0.25) is 0 Å². The molecule has 0 radical (unpaired) electrons. The largest absolute Gasteiger partial charge is 0.496 e. The third kappa shape index (κ3) is 3.51. The van der Waals surface area contributed by atoms with Gasteiger partial charge in [0.05, 0.1) is 18.2 Å². The highest BCUT2D eigenvalue weighted by atomic mass is 19.3. The summed E-state index contributed by atoms with van der Waals surface area (Å²) in [4.78, 5) is 15.9. The van der Waals surface area contributed by atoms with Crippen LogP contribution < -0.4 is 4.74 Å². The molecule has 1 fully saturated rings. The van der Waals surface area contributed by atoms with Crippen LogP contribution in [0.4, 0.5) is 8.78 Å². The van der Waals surface area contributed by atoms with Crippen molar-refractivity contribution in [1.82, 2.24) is 19.9 Å². The van der Waals surface area contributed by atoms with E-state index in [4.69, 9.17) is 9.26 Å². The fourth-order valence-electron chi connectivity index (χ4n) is 4.22. The Bertz CT molecular complexity index is 1390. The number of rotatable bonds is 7. The maximum Gasteiger partial charge on any atom is 0.339 e. The lowest BCUT2D eigenvalue weighted by molar-refractivity contribution is 0.0693. The van der Waals surface area contributed by atoms with Crippen molar-refractivity contribution >= 4 is 5.97 Å². The molecule has 2 heterocycles. The zero-order chi connectivity index (χ0) is 24.0. The molecule has 1 saturated carbocycles. The monoisotopic (exact) mass is 466 g/mol. The second-order valence-electron chi connectivity index (χ2n) is 8.18. The van der Waals surface area contributed by atoms with Gasteiger partial charge in [-0.3, -0.25) is 0 Å². The maximum absolute atomic E-state index is 13.8. The highest BCUT2D eigenvalue weighted by Gasteiger charge is 2.50. The Balaban J connectivity index is 1.54. The van der Waals surface area contributed by atoms with Gasteiger partial charge in [-0.2, -0.15) is 10.1 Å². The Morgan fingerprint density at radius 1 is 1.21 bits per heavy atom. The van der Waals surface area contributed by atoms with E-state index in [-0.39, 0.29) is 34.0 Å². The van der Waals surface area contributed by atoms with Crippen LogP contribution in [0.1, 0.15) is 52.3 Å². The molecule has 34 heavy (non-hydrogen) atoms. The van der Waals surface area contributed by atoms with Crippen LogP contribution in [0.3, 0.4) is 0 Å². The molecule has 0 atom stereocenters. The Morgan fingerprint density at radius 2 is 1.97 bits per heavy atom. The van der Waals surface area contributed by atoms with E-state index in [9.17, 15) is 18.7 Å². The van der Waals surface area contributed by atoms with Gasteiger partial charge in [-0.15, -0.1) is 0 Å². The summed E-state index contributed by atoms with van der Waals surface area (Å²) in [7, 11) is 1.30. The number of aryl methyl sites for hydroxylation is 1. The van der Waals surface area contributed by atoms with Crippen LogP contribution in [-0.2, 0) is 5.41 Å². The molecule has 10 heteroatoms. The number of carboxylic acids is 1. The lowest BCUT2D eigenvalue weighted by atomic mass is 9.91. The minimum atomic E-state index is -2.85. The van der Waals surface area contributed by atoms with Crippen molar-refractivity contribution in [3.63, 3.8) is 0 Å². The first-order chi connectivity index (χ1) is 16.3. The van der Waals surface area contributed by atoms with E-state index in [1.54, 1.807) is 0 Å². The molecular weight excluding hydrogens is 446 g/mol. The number of hydrogen-bond donors (Lipinski definition) is 1. The first-order valence-electron chi connectivity index (χ1n) is 10.5. The Morgan fingerprint density at radius 3 is 2.62 bits per heavy atom. The predicted octanol–water partition coefficient (Wildman–Crippen LogP) is 4.96. The molecule has 1 aliphatic rings. The van der Waals surface area contributed by atoms with Gasteiger partial charge < -0.3 is 14.4 Å². The topological polar surface area (TPSA) is 103 Å². The molecule has 0 amide bonds. The van der Waals surface area contributed by atoms with Crippen LogP contribution in [0, 0.1) is 6.92 Å². The van der Waals surface area contributed by atoms with Gasteiger partial charge in [-0.25, -0.2) is 18.3 Å². The quantitative estimate of drug-likeness (QED) is 0.411. The van der Waals surface area contributed by atoms with Gasteiger partial charge in [-0.05, 0) is 49.1 Å². The molecule has 5 rings (SSSR count). The summed E-state index contributed by atoms with van der Waals surface area (Å²) in [6, 6.07) is 13.2. The number of aromatic nitrogens is 4. The van der Waals surface area contributed by atoms with E-state index < -0.39 is 18.1 Å². The summed E-state index contributed by atoms with van der Waals surface area (Å²) in [5.41, 5.74) is 1.70. The van der Waals surface area contributed by atoms with Gasteiger partial charge >= 0.3 is 5.97 Å². The van der Waals surface area contributed by atoms with Crippen molar-refractivity contribution in [1.29, 1.82) is 0 Å². The van der Waals surface area contributed by atoms with Gasteiger partial charge in [0, 0.05) is 6.07 Å². The predicted molar refractivity (Wildman–Crippen MR) is 117 cm³/mol. The molecule has 4 aromatic rings. The van der Waals surface area contributed by atoms with Gasteiger partial charge in [0.1, 0.15) is 17.0 Å². The molecule has 1 N–H and O–H groups in total. The molecule has 0 spiro atoms. The van der Waals surface area contributed by atoms with Crippen molar-refractivity contribution in [3.8, 4) is 23.0 Å². The zero-order valence-corrected chi connectivity index (χ0v) is 18.3. The molecule has 8 nitrogen and oxygen atoms in total. The minimum Gasteiger partial charge on any atom is -0.496 e. The Labute approximate surface area is 192 Å². The molecule has 0 unspecified atom stereocenters. The first kappa shape index (κ1) is 21.7. The van der Waals surface area contributed by atoms with Crippen molar-refractivity contribution < 1.29 is 27.9 Å². The number of aromatic carboxylic acids is 1. The number of halogens is 2. The number of carbonyl (C=O) groups is 1. The fraction of sp³-hybridized carbons (Fsp3) is 0.250. The van der Waals surface area contributed by atoms with E-state index in [2.05, 4.69) is 15.2 Å². The average Bonchev–Trinajstić information content (AvgIpc) is 3.26. The molecule has 174 valence electrons. The highest BCUT2D eigenvalue weighted by molar-refractivity contribution is 5.91. The summed E-state index contributed by atoms with van der Waals surface area (Å²) in [6.45, 7) is 2.02. The molecule has 0 aliphatic heterocycles. The molecule has 0 bridgehead atoms. The summed E-state index contributed by atoms with van der Waals surface area (Å²) in [5, 5.41) is 17.7. The molecular formula is C24H20F2N4O4. The minimum absolute atomic E-state index is 0.0243. The third-order valence-corrected chi connectivity index (χ3v) is 6.10. The normalized spacial score (nSPS) is 14.4. The van der Waals surface area contributed by atoms with Crippen LogP contribution >= 0.6 is 0 Å². The Hall–Kier alpha value is -4.08. The van der Waals surface area contributed by atoms with E-state index >= 15 is 0 Å². The number of benzene rings is 2. The number of nitrogens with zero attached hydrogens (tertiary/aromatic N) is 4. The lowest BCUT2D eigenvalue weighted by Gasteiger charge is -2.13. The van der Waals surface area contributed by atoms with Crippen LogP contribution in [0.15, 0.2) is 53.1 Å². The summed E-state index contributed by atoms with van der Waals surface area (Å²) < 4.78 is 39.3. The summed E-state index contributed by atoms with van der Waals surface area (Å²) >= 11 is 0. The van der Waals surface area contributed by atoms with Crippen LogP contribution in [0.5, 0.6) is 5.75 Å². The van der Waals surface area contributed by atoms with Gasteiger partial charge in [0.15, 0.2) is 11.5 Å². The molecule has 2 aromatic carbocycles. The SMILES string of the molecule is COc1cc(-n2nc(-c3nc(C4(c5ccccc5C)CC4)no3)cc2C(F)F)ccc1C(=O)O. The molecule has 1 aliphatic carbocycles. The van der Waals surface area contributed by atoms with E-state index in [1.165, 1.54) is 31.4 Å². The van der Waals surface area contributed by atoms with E-state index in [0.717, 1.165) is 28.7 Å². The third-order valence-electron chi connectivity index (χ3n) is 6.10. The zero-order valence-electron chi connectivity index (χ0n) is 18.3. The van der Waals surface area contributed by atoms with E-state index in [0.29, 0.717) is 5.82 Å². The number of ether oxygens (including phenoxy) is 1. The van der Waals surface area contributed by atoms with Crippen LogP contribution in [-0.4, -0.2) is 38.1 Å². The Kier molecular flexibility index (Phi) is 5.15. The number of methoxy groups -OCH3 is 1.